The van der Waals surface area contributed by atoms with Crippen LogP contribution in [-0.4, -0.2) is 86.5 Å². The van der Waals surface area contributed by atoms with Crippen molar-refractivity contribution in [3.63, 3.8) is 0 Å². The highest BCUT2D eigenvalue weighted by Gasteiger charge is 2.31. The molecule has 4 atom stereocenters. The number of aromatic nitrogens is 2. The molecule has 0 spiro atoms. The van der Waals surface area contributed by atoms with E-state index in [4.69, 9.17) is 17.2 Å². The summed E-state index contributed by atoms with van der Waals surface area (Å²) in [5.74, 6) is -6.36. The first kappa shape index (κ1) is 31.0. The van der Waals surface area contributed by atoms with E-state index in [1.807, 2.05) is 0 Å². The highest BCUT2D eigenvalue weighted by Crippen LogP contribution is 2.06. The van der Waals surface area contributed by atoms with Gasteiger partial charge in [0.15, 0.2) is 0 Å². The van der Waals surface area contributed by atoms with Gasteiger partial charge in [-0.1, -0.05) is 0 Å². The standard InChI is InChI=1S/C21H34N8O8/c22-6-2-1-3-13(27-18(33)12(23)7-11-9-25-10-26-11)19(34)29-15(8-17(31)32)20(35)28-14(21(36)37)4-5-16(24)30/h9-10,12-15H,1-8,22-23H2,(H2,24,30)(H,25,26)(H,27,33)(H,28,35)(H,29,34)(H,31,32)(H,36,37). The summed E-state index contributed by atoms with van der Waals surface area (Å²) in [6.07, 6.45) is 2.52. The van der Waals surface area contributed by atoms with Gasteiger partial charge in [0.05, 0.1) is 18.8 Å². The van der Waals surface area contributed by atoms with E-state index in [-0.39, 0.29) is 25.7 Å². The maximum Gasteiger partial charge on any atom is 0.326 e. The van der Waals surface area contributed by atoms with Crippen LogP contribution in [0.25, 0.3) is 0 Å². The molecule has 16 heteroatoms. The number of carbonyl (C=O) groups excluding carboxylic acids is 4. The minimum absolute atomic E-state index is 0.106. The van der Waals surface area contributed by atoms with Crippen LogP contribution in [0.1, 0.15) is 44.2 Å². The fourth-order valence-electron chi connectivity index (χ4n) is 3.24. The molecule has 0 aliphatic heterocycles. The molecule has 1 heterocycles. The van der Waals surface area contributed by atoms with Crippen LogP contribution in [0.15, 0.2) is 12.5 Å². The van der Waals surface area contributed by atoms with Crippen LogP contribution in [0.4, 0.5) is 0 Å². The van der Waals surface area contributed by atoms with E-state index in [0.29, 0.717) is 25.1 Å². The van der Waals surface area contributed by atoms with Crippen molar-refractivity contribution in [3.05, 3.63) is 18.2 Å². The van der Waals surface area contributed by atoms with Crippen LogP contribution < -0.4 is 33.2 Å². The molecule has 1 aromatic rings. The van der Waals surface area contributed by atoms with Gasteiger partial charge in [0, 0.05) is 24.7 Å². The molecule has 0 bridgehead atoms. The fourth-order valence-corrected chi connectivity index (χ4v) is 3.24. The molecule has 4 amide bonds. The zero-order valence-corrected chi connectivity index (χ0v) is 20.1. The molecule has 0 aromatic carbocycles. The second-order valence-electron chi connectivity index (χ2n) is 8.30. The average molecular weight is 527 g/mol. The Morgan fingerprint density at radius 3 is 2.08 bits per heavy atom. The highest BCUT2D eigenvalue weighted by atomic mass is 16.4. The topological polar surface area (TPSA) is 286 Å². The van der Waals surface area contributed by atoms with Crippen LogP contribution in [0.2, 0.25) is 0 Å². The van der Waals surface area contributed by atoms with Crippen molar-refractivity contribution in [1.82, 2.24) is 25.9 Å². The molecule has 12 N–H and O–H groups in total. The molecule has 1 rings (SSSR count). The Kier molecular flexibility index (Phi) is 13.3. The summed E-state index contributed by atoms with van der Waals surface area (Å²) in [5, 5.41) is 25.3. The predicted molar refractivity (Wildman–Crippen MR) is 127 cm³/mol. The minimum atomic E-state index is -1.67. The Bertz CT molecular complexity index is 939. The van der Waals surface area contributed by atoms with Gasteiger partial charge in [-0.05, 0) is 32.2 Å². The molecular weight excluding hydrogens is 492 g/mol. The third-order valence-corrected chi connectivity index (χ3v) is 5.22. The van der Waals surface area contributed by atoms with E-state index in [1.54, 1.807) is 0 Å². The summed E-state index contributed by atoms with van der Waals surface area (Å²) < 4.78 is 0. The fraction of sp³-hybridized carbons (Fsp3) is 0.571. The zero-order valence-electron chi connectivity index (χ0n) is 20.1. The number of carbonyl (C=O) groups is 6. The van der Waals surface area contributed by atoms with Crippen molar-refractivity contribution in [2.45, 2.75) is 69.1 Å². The molecule has 0 saturated carbocycles. The number of aliphatic carboxylic acids is 2. The van der Waals surface area contributed by atoms with E-state index in [1.165, 1.54) is 12.5 Å². The molecular formula is C21H34N8O8. The van der Waals surface area contributed by atoms with Gasteiger partial charge in [0.2, 0.25) is 23.6 Å². The largest absolute Gasteiger partial charge is 0.481 e. The normalized spacial score (nSPS) is 14.0. The summed E-state index contributed by atoms with van der Waals surface area (Å²) in [6.45, 7) is 0.327. The van der Waals surface area contributed by atoms with Gasteiger partial charge < -0.3 is 48.3 Å². The van der Waals surface area contributed by atoms with E-state index >= 15 is 0 Å². The molecule has 1 aromatic heterocycles. The van der Waals surface area contributed by atoms with Crippen molar-refractivity contribution >= 4 is 35.6 Å². The number of unbranched alkanes of at least 4 members (excludes halogenated alkanes) is 1. The van der Waals surface area contributed by atoms with Gasteiger partial charge in [-0.25, -0.2) is 9.78 Å². The van der Waals surface area contributed by atoms with Crippen LogP contribution in [0, 0.1) is 0 Å². The van der Waals surface area contributed by atoms with E-state index in [0.717, 1.165) is 0 Å². The quantitative estimate of drug-likeness (QED) is 0.0853. The number of nitrogens with one attached hydrogen (secondary N) is 4. The molecule has 0 aliphatic carbocycles. The summed E-state index contributed by atoms with van der Waals surface area (Å²) in [5.41, 5.74) is 17.0. The van der Waals surface area contributed by atoms with Crippen molar-refractivity contribution in [3.8, 4) is 0 Å². The zero-order chi connectivity index (χ0) is 28.0. The number of carboxylic acids is 2. The van der Waals surface area contributed by atoms with E-state index < -0.39 is 66.2 Å². The number of nitrogens with two attached hydrogens (primary N) is 3. The minimum Gasteiger partial charge on any atom is -0.481 e. The third kappa shape index (κ3) is 12.0. The first-order chi connectivity index (χ1) is 17.4. The number of rotatable bonds is 18. The Balaban J connectivity index is 2.96. The predicted octanol–water partition coefficient (Wildman–Crippen LogP) is -3.31. The van der Waals surface area contributed by atoms with Crippen molar-refractivity contribution in [2.24, 2.45) is 17.2 Å². The number of aromatic amines is 1. The van der Waals surface area contributed by atoms with Gasteiger partial charge >= 0.3 is 11.9 Å². The number of primary amides is 1. The van der Waals surface area contributed by atoms with E-state index in [9.17, 15) is 39.0 Å². The van der Waals surface area contributed by atoms with Crippen LogP contribution in [-0.2, 0) is 35.2 Å². The lowest BCUT2D eigenvalue weighted by atomic mass is 10.1. The lowest BCUT2D eigenvalue weighted by Gasteiger charge is -2.24. The number of amides is 4. The molecule has 0 fully saturated rings. The average Bonchev–Trinajstić information content (AvgIpc) is 3.32. The molecule has 4 unspecified atom stereocenters. The van der Waals surface area contributed by atoms with Crippen molar-refractivity contribution < 1.29 is 39.0 Å². The lowest BCUT2D eigenvalue weighted by molar-refractivity contribution is -0.143. The first-order valence-corrected chi connectivity index (χ1v) is 11.5. The van der Waals surface area contributed by atoms with Gasteiger partial charge in [0.25, 0.3) is 0 Å². The Hall–Kier alpha value is -4.05. The van der Waals surface area contributed by atoms with Gasteiger partial charge in [0.1, 0.15) is 18.1 Å². The molecule has 206 valence electrons. The SMILES string of the molecule is NCCCCC(NC(=O)C(N)Cc1cnc[nH]1)C(=O)NC(CC(=O)O)C(=O)NC(CCC(N)=O)C(=O)O. The van der Waals surface area contributed by atoms with Crippen LogP contribution in [0.3, 0.4) is 0 Å². The second kappa shape index (κ2) is 15.8. The van der Waals surface area contributed by atoms with Gasteiger partial charge in [-0.3, -0.25) is 24.0 Å². The first-order valence-electron chi connectivity index (χ1n) is 11.5. The van der Waals surface area contributed by atoms with Gasteiger partial charge in [-0.2, -0.15) is 0 Å². The summed E-state index contributed by atoms with van der Waals surface area (Å²) in [4.78, 5) is 78.6. The molecule has 0 aliphatic rings. The van der Waals surface area contributed by atoms with Gasteiger partial charge in [-0.15, -0.1) is 0 Å². The van der Waals surface area contributed by atoms with Crippen LogP contribution in [0.5, 0.6) is 0 Å². The van der Waals surface area contributed by atoms with Crippen molar-refractivity contribution in [1.29, 1.82) is 0 Å². The molecule has 0 saturated heterocycles. The molecule has 16 nitrogen and oxygen atoms in total. The Labute approximate surface area is 212 Å². The summed E-state index contributed by atoms with van der Waals surface area (Å²) in [6, 6.07) is -5.44. The maximum absolute atomic E-state index is 13.0. The number of hydrogen-bond acceptors (Lipinski definition) is 9. The highest BCUT2D eigenvalue weighted by molar-refractivity contribution is 5.95. The van der Waals surface area contributed by atoms with Crippen molar-refractivity contribution in [2.75, 3.05) is 6.54 Å². The summed E-state index contributed by atoms with van der Waals surface area (Å²) in [7, 11) is 0. The maximum atomic E-state index is 13.0. The number of H-pyrrole nitrogens is 1. The van der Waals surface area contributed by atoms with E-state index in [2.05, 4.69) is 25.9 Å². The smallest absolute Gasteiger partial charge is 0.326 e. The number of nitrogens with zero attached hydrogens (tertiary/aromatic N) is 1. The lowest BCUT2D eigenvalue weighted by Crippen LogP contribution is -2.57. The third-order valence-electron chi connectivity index (χ3n) is 5.22. The van der Waals surface area contributed by atoms with Crippen LogP contribution >= 0.6 is 0 Å². The Morgan fingerprint density at radius 2 is 1.54 bits per heavy atom. The molecule has 0 radical (unpaired) electrons. The number of hydrogen-bond donors (Lipinski definition) is 9. The Morgan fingerprint density at radius 1 is 0.919 bits per heavy atom. The monoisotopic (exact) mass is 526 g/mol. The summed E-state index contributed by atoms with van der Waals surface area (Å²) >= 11 is 0. The number of imidazole rings is 1. The number of carboxylic acid groups (broad SMARTS) is 2. The second-order valence-corrected chi connectivity index (χ2v) is 8.30. The molecule has 37 heavy (non-hydrogen) atoms.